The van der Waals surface area contributed by atoms with Gasteiger partial charge in [0.05, 0.1) is 35.3 Å². The number of carbonyl (C=O) groups excluding carboxylic acids is 1. The summed E-state index contributed by atoms with van der Waals surface area (Å²) in [6.07, 6.45) is 2.40. The van der Waals surface area contributed by atoms with Crippen molar-refractivity contribution in [2.24, 2.45) is 0 Å². The summed E-state index contributed by atoms with van der Waals surface area (Å²) < 4.78 is 13.3. The number of ether oxygens (including phenoxy) is 2. The molecular weight excluding hydrogens is 468 g/mol. The molecule has 8 heteroatoms. The highest BCUT2D eigenvalue weighted by Gasteiger charge is 2.29. The number of aliphatic carboxylic acids is 1. The zero-order valence-corrected chi connectivity index (χ0v) is 19.3. The molecule has 0 aliphatic carbocycles. The molecule has 176 valence electrons. The number of benzene rings is 3. The number of hydrogen-bond acceptors (Lipinski definition) is 5. The van der Waals surface area contributed by atoms with Crippen LogP contribution in [0.2, 0.25) is 5.02 Å². The smallest absolute Gasteiger partial charge is 0.311 e. The number of carbonyl (C=O) groups is 2. The predicted molar refractivity (Wildman–Crippen MR) is 130 cm³/mol. The molecule has 35 heavy (non-hydrogen) atoms. The van der Waals surface area contributed by atoms with Crippen LogP contribution >= 0.6 is 11.6 Å². The molecule has 0 amide bonds. The van der Waals surface area contributed by atoms with E-state index in [-0.39, 0.29) is 17.2 Å². The second-order valence-electron chi connectivity index (χ2n) is 8.16. The molecule has 4 aromatic rings. The van der Waals surface area contributed by atoms with Gasteiger partial charge in [0.1, 0.15) is 17.2 Å². The maximum atomic E-state index is 12.8. The van der Waals surface area contributed by atoms with Crippen LogP contribution in [0.4, 0.5) is 0 Å². The van der Waals surface area contributed by atoms with Gasteiger partial charge in [-0.3, -0.25) is 9.59 Å². The van der Waals surface area contributed by atoms with Crippen LogP contribution < -0.4 is 9.47 Å². The predicted octanol–water partition coefficient (Wildman–Crippen LogP) is 5.69. The third-order valence-electron chi connectivity index (χ3n) is 5.81. The van der Waals surface area contributed by atoms with Gasteiger partial charge in [0.15, 0.2) is 5.78 Å². The van der Waals surface area contributed by atoms with E-state index in [1.807, 2.05) is 42.6 Å². The van der Waals surface area contributed by atoms with Crippen LogP contribution in [0.5, 0.6) is 17.2 Å². The molecule has 1 aliphatic rings. The van der Waals surface area contributed by atoms with Gasteiger partial charge in [-0.1, -0.05) is 29.8 Å². The Morgan fingerprint density at radius 2 is 1.86 bits per heavy atom. The number of Topliss-reactive ketones (excluding diaryl/α,β-unsaturated/α-hetero) is 1. The van der Waals surface area contributed by atoms with Crippen molar-refractivity contribution in [1.29, 1.82) is 0 Å². The zero-order chi connectivity index (χ0) is 24.4. The van der Waals surface area contributed by atoms with Gasteiger partial charge in [-0.2, -0.15) is 5.10 Å². The molecule has 1 aromatic heterocycles. The minimum atomic E-state index is -0.911. The fourth-order valence-electron chi connectivity index (χ4n) is 4.01. The van der Waals surface area contributed by atoms with Crippen LogP contribution in [0.3, 0.4) is 0 Å². The molecule has 0 saturated heterocycles. The van der Waals surface area contributed by atoms with E-state index in [1.54, 1.807) is 41.1 Å². The van der Waals surface area contributed by atoms with Gasteiger partial charge in [0.25, 0.3) is 0 Å². The lowest BCUT2D eigenvalue weighted by Crippen LogP contribution is -2.20. The van der Waals surface area contributed by atoms with Gasteiger partial charge in [-0.25, -0.2) is 4.68 Å². The van der Waals surface area contributed by atoms with Gasteiger partial charge >= 0.3 is 5.97 Å². The Morgan fingerprint density at radius 1 is 1.09 bits per heavy atom. The number of fused-ring (bicyclic) bond motifs is 1. The van der Waals surface area contributed by atoms with E-state index < -0.39 is 11.9 Å². The van der Waals surface area contributed by atoms with Crippen molar-refractivity contribution in [1.82, 2.24) is 9.78 Å². The molecule has 0 radical (unpaired) electrons. The molecule has 0 spiro atoms. The molecule has 7 nitrogen and oxygen atoms in total. The molecule has 0 bridgehead atoms. The third kappa shape index (κ3) is 4.90. The second kappa shape index (κ2) is 9.64. The van der Waals surface area contributed by atoms with Gasteiger partial charge in [-0.15, -0.1) is 0 Å². The zero-order valence-electron chi connectivity index (χ0n) is 18.6. The first-order chi connectivity index (χ1) is 17.0. The van der Waals surface area contributed by atoms with Gasteiger partial charge in [0.2, 0.25) is 0 Å². The molecule has 1 N–H and O–H groups in total. The highest BCUT2D eigenvalue weighted by molar-refractivity contribution is 6.32. The van der Waals surface area contributed by atoms with Gasteiger partial charge < -0.3 is 14.6 Å². The number of carboxylic acids is 1. The van der Waals surface area contributed by atoms with E-state index in [9.17, 15) is 14.7 Å². The quantitative estimate of drug-likeness (QED) is 0.336. The first-order valence-electron chi connectivity index (χ1n) is 11.1. The fourth-order valence-corrected chi connectivity index (χ4v) is 4.22. The van der Waals surface area contributed by atoms with E-state index in [2.05, 4.69) is 5.10 Å². The second-order valence-corrected chi connectivity index (χ2v) is 8.57. The van der Waals surface area contributed by atoms with E-state index in [1.165, 1.54) is 0 Å². The topological polar surface area (TPSA) is 90.7 Å². The molecule has 1 unspecified atom stereocenters. The van der Waals surface area contributed by atoms with Crippen LogP contribution in [0.15, 0.2) is 79.0 Å². The van der Waals surface area contributed by atoms with Crippen LogP contribution in [-0.2, 0) is 11.2 Å². The monoisotopic (exact) mass is 488 g/mol. The number of para-hydroxylation sites is 1. The Bertz CT molecular complexity index is 1380. The Balaban J connectivity index is 1.27. The van der Waals surface area contributed by atoms with Crippen LogP contribution in [-0.4, -0.2) is 33.2 Å². The number of rotatable bonds is 7. The minimum Gasteiger partial charge on any atom is -0.493 e. The van der Waals surface area contributed by atoms with E-state index in [4.69, 9.17) is 21.1 Å². The number of ketones is 1. The summed E-state index contributed by atoms with van der Waals surface area (Å²) >= 11 is 6.36. The minimum absolute atomic E-state index is 0.0604. The van der Waals surface area contributed by atoms with Crippen molar-refractivity contribution in [2.45, 2.75) is 18.8 Å². The van der Waals surface area contributed by atoms with Crippen LogP contribution in [0, 0.1) is 0 Å². The van der Waals surface area contributed by atoms with E-state index in [0.29, 0.717) is 47.1 Å². The Morgan fingerprint density at radius 3 is 2.60 bits per heavy atom. The lowest BCUT2D eigenvalue weighted by atomic mass is 9.93. The first-order valence-corrected chi connectivity index (χ1v) is 11.5. The Hall–Kier alpha value is -4.10. The van der Waals surface area contributed by atoms with Crippen LogP contribution in [0.1, 0.15) is 34.0 Å². The normalized spacial score (nSPS) is 14.6. The molecule has 5 rings (SSSR count). The maximum absolute atomic E-state index is 12.8. The van der Waals surface area contributed by atoms with Crippen LogP contribution in [0.25, 0.3) is 5.69 Å². The van der Waals surface area contributed by atoms with Crippen molar-refractivity contribution < 1.29 is 24.2 Å². The third-order valence-corrected chi connectivity index (χ3v) is 6.11. The standard InChI is InChI=1S/C27H21ClN2O5/c28-23-15-22-21(27(32)33)11-13-34-25(22)16-26(23)35-20-8-6-17(7-9-20)24(31)14-18-10-12-30(29-18)19-4-2-1-3-5-19/h1-10,12,15-16,21H,11,13-14H2,(H,32,33). The summed E-state index contributed by atoms with van der Waals surface area (Å²) in [5.74, 6) is -0.343. The van der Waals surface area contributed by atoms with Gasteiger partial charge in [-0.05, 0) is 55.0 Å². The summed E-state index contributed by atoms with van der Waals surface area (Å²) in [7, 11) is 0. The number of aromatic nitrogens is 2. The highest BCUT2D eigenvalue weighted by Crippen LogP contribution is 2.41. The van der Waals surface area contributed by atoms with Crippen molar-refractivity contribution >= 4 is 23.4 Å². The molecule has 1 atom stereocenters. The number of hydrogen-bond donors (Lipinski definition) is 1. The Kier molecular flexibility index (Phi) is 6.25. The molecule has 2 heterocycles. The maximum Gasteiger partial charge on any atom is 0.311 e. The largest absolute Gasteiger partial charge is 0.493 e. The number of nitrogens with zero attached hydrogens (tertiary/aromatic N) is 2. The summed E-state index contributed by atoms with van der Waals surface area (Å²) in [6.45, 7) is 0.311. The number of carboxylic acid groups (broad SMARTS) is 1. The Labute approximate surface area is 206 Å². The molecule has 1 aliphatic heterocycles. The highest BCUT2D eigenvalue weighted by atomic mass is 35.5. The molecular formula is C27H21ClN2O5. The molecule has 3 aromatic carbocycles. The average Bonchev–Trinajstić information content (AvgIpc) is 3.33. The lowest BCUT2D eigenvalue weighted by molar-refractivity contribution is -0.139. The summed E-state index contributed by atoms with van der Waals surface area (Å²) in [5.41, 5.74) is 2.68. The lowest BCUT2D eigenvalue weighted by Gasteiger charge is -2.24. The fraction of sp³-hybridized carbons (Fsp3) is 0.148. The first kappa shape index (κ1) is 22.7. The number of halogens is 1. The van der Waals surface area contributed by atoms with Crippen molar-refractivity contribution in [2.75, 3.05) is 6.61 Å². The van der Waals surface area contributed by atoms with Crippen molar-refractivity contribution in [3.8, 4) is 22.9 Å². The molecule has 0 saturated carbocycles. The molecule has 0 fully saturated rings. The van der Waals surface area contributed by atoms with Crippen molar-refractivity contribution in [3.63, 3.8) is 0 Å². The summed E-state index contributed by atoms with van der Waals surface area (Å²) in [4.78, 5) is 24.3. The summed E-state index contributed by atoms with van der Waals surface area (Å²) in [5, 5.41) is 14.2. The van der Waals surface area contributed by atoms with Gasteiger partial charge in [0, 0.05) is 23.4 Å². The van der Waals surface area contributed by atoms with E-state index >= 15 is 0 Å². The van der Waals surface area contributed by atoms with Crippen molar-refractivity contribution in [3.05, 3.63) is 101 Å². The van der Waals surface area contributed by atoms with E-state index in [0.717, 1.165) is 5.69 Å². The summed E-state index contributed by atoms with van der Waals surface area (Å²) in [6, 6.07) is 21.5. The SMILES string of the molecule is O=C(Cc1ccn(-c2ccccc2)n1)c1ccc(Oc2cc3c(cc2Cl)C(C(=O)O)CCO3)cc1. The average molecular weight is 489 g/mol.